The zero-order valence-electron chi connectivity index (χ0n) is 17.0. The molecule has 5 nitrogen and oxygen atoms in total. The molecule has 0 aliphatic rings. The predicted molar refractivity (Wildman–Crippen MR) is 118 cm³/mol. The van der Waals surface area contributed by atoms with Crippen LogP contribution in [0.25, 0.3) is 22.2 Å². The molecular formula is C25H21NO4. The number of pyridine rings is 1. The van der Waals surface area contributed by atoms with E-state index >= 15 is 0 Å². The number of benzene rings is 3. The van der Waals surface area contributed by atoms with Crippen molar-refractivity contribution in [3.8, 4) is 22.8 Å². The van der Waals surface area contributed by atoms with Gasteiger partial charge < -0.3 is 14.5 Å². The summed E-state index contributed by atoms with van der Waals surface area (Å²) in [6, 6.07) is 19.5. The van der Waals surface area contributed by atoms with Gasteiger partial charge in [0, 0.05) is 10.9 Å². The number of rotatable bonds is 5. The van der Waals surface area contributed by atoms with Crippen molar-refractivity contribution < 1.29 is 14.3 Å². The number of aryl methyl sites for hydroxylation is 1. The van der Waals surface area contributed by atoms with Crippen molar-refractivity contribution in [3.63, 3.8) is 0 Å². The molecule has 0 fully saturated rings. The van der Waals surface area contributed by atoms with Crippen molar-refractivity contribution in [1.29, 1.82) is 0 Å². The summed E-state index contributed by atoms with van der Waals surface area (Å²) < 4.78 is 10.4. The number of carbonyl (C=O) groups excluding carboxylic acids is 1. The van der Waals surface area contributed by atoms with Crippen LogP contribution in [0.3, 0.4) is 0 Å². The summed E-state index contributed by atoms with van der Waals surface area (Å²) >= 11 is 0. The molecule has 0 amide bonds. The van der Waals surface area contributed by atoms with E-state index in [1.807, 2.05) is 31.2 Å². The number of H-pyrrole nitrogens is 1. The second-order valence-corrected chi connectivity index (χ2v) is 6.99. The van der Waals surface area contributed by atoms with E-state index in [4.69, 9.17) is 9.47 Å². The number of aromatic nitrogens is 1. The second-order valence-electron chi connectivity index (χ2n) is 6.99. The van der Waals surface area contributed by atoms with Gasteiger partial charge in [-0.2, -0.15) is 0 Å². The van der Waals surface area contributed by atoms with Crippen LogP contribution in [0.4, 0.5) is 0 Å². The number of ketones is 1. The predicted octanol–water partition coefficient (Wildman–Crippen LogP) is 4.75. The van der Waals surface area contributed by atoms with Gasteiger partial charge in [0.15, 0.2) is 5.78 Å². The Bertz CT molecular complexity index is 1290. The van der Waals surface area contributed by atoms with Gasteiger partial charge in [-0.15, -0.1) is 0 Å². The molecule has 0 saturated carbocycles. The van der Waals surface area contributed by atoms with Crippen LogP contribution in [-0.2, 0) is 0 Å². The molecule has 0 spiro atoms. The number of carbonyl (C=O) groups is 1. The van der Waals surface area contributed by atoms with Crippen LogP contribution in [0, 0.1) is 6.92 Å². The molecule has 1 heterocycles. The van der Waals surface area contributed by atoms with Crippen molar-refractivity contribution in [1.82, 2.24) is 4.98 Å². The minimum atomic E-state index is -0.340. The molecule has 0 atom stereocenters. The average Bonchev–Trinajstić information content (AvgIpc) is 2.79. The number of ether oxygens (including phenoxy) is 2. The van der Waals surface area contributed by atoms with Gasteiger partial charge in [0.2, 0.25) is 5.43 Å². The topological polar surface area (TPSA) is 68.4 Å². The molecule has 150 valence electrons. The van der Waals surface area contributed by atoms with Gasteiger partial charge in [-0.25, -0.2) is 0 Å². The van der Waals surface area contributed by atoms with Crippen LogP contribution in [0.1, 0.15) is 21.5 Å². The molecule has 0 aliphatic heterocycles. The molecule has 30 heavy (non-hydrogen) atoms. The Balaban J connectivity index is 1.99. The van der Waals surface area contributed by atoms with E-state index in [9.17, 15) is 9.59 Å². The van der Waals surface area contributed by atoms with E-state index in [-0.39, 0.29) is 16.8 Å². The summed E-state index contributed by atoms with van der Waals surface area (Å²) in [5, 5.41) is 0.490. The second kappa shape index (κ2) is 7.87. The highest BCUT2D eigenvalue weighted by atomic mass is 16.5. The largest absolute Gasteiger partial charge is 0.497 e. The Morgan fingerprint density at radius 2 is 1.43 bits per heavy atom. The molecule has 0 bridgehead atoms. The van der Waals surface area contributed by atoms with E-state index in [0.717, 1.165) is 16.6 Å². The summed E-state index contributed by atoms with van der Waals surface area (Å²) in [5.41, 5.74) is 3.12. The highest BCUT2D eigenvalue weighted by molar-refractivity contribution is 6.14. The quantitative estimate of drug-likeness (QED) is 0.492. The Morgan fingerprint density at radius 1 is 0.833 bits per heavy atom. The maximum absolute atomic E-state index is 13.4. The number of nitrogens with one attached hydrogen (secondary N) is 1. The molecule has 4 aromatic rings. The number of para-hydroxylation sites is 1. The summed E-state index contributed by atoms with van der Waals surface area (Å²) in [6.45, 7) is 1.93. The van der Waals surface area contributed by atoms with Gasteiger partial charge in [0.05, 0.1) is 31.0 Å². The van der Waals surface area contributed by atoms with Gasteiger partial charge in [-0.3, -0.25) is 9.59 Å². The minimum Gasteiger partial charge on any atom is -0.497 e. The van der Waals surface area contributed by atoms with Crippen LogP contribution in [0.5, 0.6) is 11.5 Å². The smallest absolute Gasteiger partial charge is 0.201 e. The highest BCUT2D eigenvalue weighted by Gasteiger charge is 2.22. The van der Waals surface area contributed by atoms with Crippen molar-refractivity contribution >= 4 is 16.7 Å². The Kier molecular flexibility index (Phi) is 5.11. The maximum Gasteiger partial charge on any atom is 0.201 e. The highest BCUT2D eigenvalue weighted by Crippen LogP contribution is 2.27. The average molecular weight is 399 g/mol. The number of methoxy groups -OCH3 is 2. The van der Waals surface area contributed by atoms with E-state index in [1.54, 1.807) is 56.7 Å². The molecule has 0 saturated heterocycles. The van der Waals surface area contributed by atoms with Crippen LogP contribution in [-0.4, -0.2) is 25.0 Å². The summed E-state index contributed by atoms with van der Waals surface area (Å²) in [7, 11) is 3.16. The first kappa shape index (κ1) is 19.5. The lowest BCUT2D eigenvalue weighted by molar-refractivity contribution is 0.103. The number of aromatic amines is 1. The van der Waals surface area contributed by atoms with Gasteiger partial charge in [-0.05, 0) is 72.6 Å². The van der Waals surface area contributed by atoms with Crippen LogP contribution < -0.4 is 14.9 Å². The number of hydrogen-bond acceptors (Lipinski definition) is 4. The fourth-order valence-corrected chi connectivity index (χ4v) is 3.54. The normalized spacial score (nSPS) is 10.8. The van der Waals surface area contributed by atoms with Gasteiger partial charge in [0.1, 0.15) is 11.5 Å². The first-order chi connectivity index (χ1) is 14.5. The third-order valence-corrected chi connectivity index (χ3v) is 5.20. The molecular weight excluding hydrogens is 378 g/mol. The van der Waals surface area contributed by atoms with Crippen molar-refractivity contribution in [3.05, 3.63) is 93.6 Å². The zero-order valence-corrected chi connectivity index (χ0v) is 17.0. The zero-order chi connectivity index (χ0) is 21.3. The van der Waals surface area contributed by atoms with Crippen LogP contribution in [0.2, 0.25) is 0 Å². The standard InChI is InChI=1S/C25H21NO4/c1-15-5-4-6-20-22(15)26-23(16-7-11-18(29-2)12-8-16)21(25(20)28)24(27)17-9-13-19(30-3)14-10-17/h4-14H,1-3H3,(H,26,28). The van der Waals surface area contributed by atoms with Crippen LogP contribution >= 0.6 is 0 Å². The van der Waals surface area contributed by atoms with Gasteiger partial charge in [0.25, 0.3) is 0 Å². The first-order valence-electron chi connectivity index (χ1n) is 9.52. The molecule has 0 aliphatic carbocycles. The third-order valence-electron chi connectivity index (χ3n) is 5.20. The molecule has 0 radical (unpaired) electrons. The molecule has 5 heteroatoms. The van der Waals surface area contributed by atoms with E-state index in [1.165, 1.54) is 0 Å². The van der Waals surface area contributed by atoms with Crippen LogP contribution in [0.15, 0.2) is 71.5 Å². The Hall–Kier alpha value is -3.86. The van der Waals surface area contributed by atoms with Crippen molar-refractivity contribution in [2.75, 3.05) is 14.2 Å². The molecule has 0 unspecified atom stereocenters. The lowest BCUT2D eigenvalue weighted by Crippen LogP contribution is -2.19. The van der Waals surface area contributed by atoms with Crippen molar-refractivity contribution in [2.24, 2.45) is 0 Å². The lowest BCUT2D eigenvalue weighted by atomic mass is 9.95. The maximum atomic E-state index is 13.4. The van der Waals surface area contributed by atoms with E-state index < -0.39 is 0 Å². The lowest BCUT2D eigenvalue weighted by Gasteiger charge is -2.13. The number of fused-ring (bicyclic) bond motifs is 1. The van der Waals surface area contributed by atoms with Gasteiger partial charge >= 0.3 is 0 Å². The molecule has 3 aromatic carbocycles. The number of hydrogen-bond donors (Lipinski definition) is 1. The molecule has 1 aromatic heterocycles. The monoisotopic (exact) mass is 399 g/mol. The summed E-state index contributed by atoms with van der Waals surface area (Å²) in [4.78, 5) is 30.2. The SMILES string of the molecule is COc1ccc(C(=O)c2c(-c3ccc(OC)cc3)[nH]c3c(C)cccc3c2=O)cc1. The minimum absolute atomic E-state index is 0.114. The summed E-state index contributed by atoms with van der Waals surface area (Å²) in [5.74, 6) is 0.999. The van der Waals surface area contributed by atoms with Crippen molar-refractivity contribution in [2.45, 2.75) is 6.92 Å². The van der Waals surface area contributed by atoms with E-state index in [2.05, 4.69) is 4.98 Å². The van der Waals surface area contributed by atoms with Gasteiger partial charge in [-0.1, -0.05) is 12.1 Å². The fraction of sp³-hybridized carbons (Fsp3) is 0.120. The fourth-order valence-electron chi connectivity index (χ4n) is 3.54. The van der Waals surface area contributed by atoms with E-state index in [0.29, 0.717) is 28.1 Å². The summed E-state index contributed by atoms with van der Waals surface area (Å²) in [6.07, 6.45) is 0. The first-order valence-corrected chi connectivity index (χ1v) is 9.52. The Labute approximate surface area is 173 Å². The molecule has 4 rings (SSSR count). The molecule has 1 N–H and O–H groups in total. The third kappa shape index (κ3) is 3.35. The Morgan fingerprint density at radius 3 is 2.03 bits per heavy atom.